The summed E-state index contributed by atoms with van der Waals surface area (Å²) in [6.07, 6.45) is 1.61. The largest absolute Gasteiger partial charge is 0.293 e. The van der Waals surface area contributed by atoms with Crippen LogP contribution in [-0.2, 0) is 6.54 Å². The van der Waals surface area contributed by atoms with Crippen LogP contribution in [0, 0.1) is 0 Å². The first-order valence-corrected chi connectivity index (χ1v) is 8.51. The highest BCUT2D eigenvalue weighted by molar-refractivity contribution is 8.00. The van der Waals surface area contributed by atoms with Gasteiger partial charge in [0.25, 0.3) is 5.56 Å². The molecule has 1 saturated heterocycles. The predicted octanol–water partition coefficient (Wildman–Crippen LogP) is 2.67. The summed E-state index contributed by atoms with van der Waals surface area (Å²) in [4.78, 5) is 19.2. The van der Waals surface area contributed by atoms with Crippen molar-refractivity contribution in [2.24, 2.45) is 0 Å². The van der Waals surface area contributed by atoms with Gasteiger partial charge in [0.1, 0.15) is 5.65 Å². The van der Waals surface area contributed by atoms with Crippen molar-refractivity contribution in [3.63, 3.8) is 0 Å². The van der Waals surface area contributed by atoms with Gasteiger partial charge < -0.3 is 0 Å². The highest BCUT2D eigenvalue weighted by atomic mass is 35.5. The van der Waals surface area contributed by atoms with Gasteiger partial charge in [0.2, 0.25) is 0 Å². The average Bonchev–Trinajstić information content (AvgIpc) is 2.45. The van der Waals surface area contributed by atoms with Crippen molar-refractivity contribution in [2.45, 2.75) is 31.7 Å². The van der Waals surface area contributed by atoms with Gasteiger partial charge in [-0.25, -0.2) is 4.98 Å². The fourth-order valence-electron chi connectivity index (χ4n) is 2.63. The number of hydrogen-bond acceptors (Lipinski definition) is 4. The molecular formula is C15H18ClN3OS. The van der Waals surface area contributed by atoms with Crippen molar-refractivity contribution in [2.75, 3.05) is 12.3 Å². The maximum atomic E-state index is 12.2. The van der Waals surface area contributed by atoms with Gasteiger partial charge in [-0.15, -0.1) is 0 Å². The molecule has 2 atom stereocenters. The Hall–Kier alpha value is -1.04. The Labute approximate surface area is 133 Å². The second-order valence-electron chi connectivity index (χ2n) is 5.45. The molecule has 0 aliphatic carbocycles. The zero-order valence-electron chi connectivity index (χ0n) is 12.1. The highest BCUT2D eigenvalue weighted by Crippen LogP contribution is 2.25. The van der Waals surface area contributed by atoms with Crippen LogP contribution >= 0.6 is 23.4 Å². The second-order valence-corrected chi connectivity index (χ2v) is 7.37. The number of rotatable bonds is 2. The van der Waals surface area contributed by atoms with E-state index in [1.165, 1.54) is 4.40 Å². The molecule has 0 aromatic carbocycles. The van der Waals surface area contributed by atoms with Gasteiger partial charge >= 0.3 is 0 Å². The Morgan fingerprint density at radius 1 is 1.43 bits per heavy atom. The van der Waals surface area contributed by atoms with E-state index in [1.807, 2.05) is 11.8 Å². The topological polar surface area (TPSA) is 37.6 Å². The number of hydrogen-bond donors (Lipinski definition) is 0. The average molecular weight is 324 g/mol. The van der Waals surface area contributed by atoms with Crippen LogP contribution in [0.4, 0.5) is 0 Å². The normalized spacial score (nSPS) is 23.6. The monoisotopic (exact) mass is 323 g/mol. The second kappa shape index (κ2) is 5.99. The molecule has 0 unspecified atom stereocenters. The molecule has 0 spiro atoms. The molecule has 1 aliphatic rings. The van der Waals surface area contributed by atoms with Gasteiger partial charge in [-0.05, 0) is 19.1 Å². The first-order chi connectivity index (χ1) is 10.0. The Kier molecular flexibility index (Phi) is 4.24. The SMILES string of the molecule is C[C@@H]1[C@@H](C)SCCN1Cc1cc(=O)n2cc(Cl)ccc2n1. The van der Waals surface area contributed by atoms with Crippen molar-refractivity contribution in [3.8, 4) is 0 Å². The molecule has 0 bridgehead atoms. The first-order valence-electron chi connectivity index (χ1n) is 7.08. The molecule has 21 heavy (non-hydrogen) atoms. The van der Waals surface area contributed by atoms with Crippen LogP contribution in [0.25, 0.3) is 5.65 Å². The van der Waals surface area contributed by atoms with Crippen LogP contribution in [0.1, 0.15) is 19.5 Å². The summed E-state index contributed by atoms with van der Waals surface area (Å²) in [6.45, 7) is 6.26. The van der Waals surface area contributed by atoms with Crippen LogP contribution < -0.4 is 5.56 Å². The Morgan fingerprint density at radius 2 is 2.24 bits per heavy atom. The molecule has 2 aromatic rings. The van der Waals surface area contributed by atoms with Crippen molar-refractivity contribution >= 4 is 29.0 Å². The van der Waals surface area contributed by atoms with E-state index in [4.69, 9.17) is 11.6 Å². The summed E-state index contributed by atoms with van der Waals surface area (Å²) in [5.74, 6) is 1.13. The van der Waals surface area contributed by atoms with Gasteiger partial charge in [0.15, 0.2) is 0 Å². The summed E-state index contributed by atoms with van der Waals surface area (Å²) in [6, 6.07) is 5.65. The Bertz CT molecular complexity index is 718. The third-order valence-electron chi connectivity index (χ3n) is 4.06. The molecule has 1 aliphatic heterocycles. The summed E-state index contributed by atoms with van der Waals surface area (Å²) in [5.41, 5.74) is 1.40. The smallest absolute Gasteiger partial charge is 0.258 e. The van der Waals surface area contributed by atoms with Crippen LogP contribution in [0.5, 0.6) is 0 Å². The van der Waals surface area contributed by atoms with E-state index >= 15 is 0 Å². The lowest BCUT2D eigenvalue weighted by atomic mass is 10.2. The standard InChI is InChI=1S/C15H18ClN3OS/c1-10-11(2)21-6-5-18(10)9-13-7-15(20)19-8-12(16)3-4-14(19)17-13/h3-4,7-8,10-11H,5-6,9H2,1-2H3/t10-,11-/m1/s1. The summed E-state index contributed by atoms with van der Waals surface area (Å²) >= 11 is 7.93. The molecule has 4 nitrogen and oxygen atoms in total. The minimum Gasteiger partial charge on any atom is -0.293 e. The quantitative estimate of drug-likeness (QED) is 0.851. The molecule has 6 heteroatoms. The van der Waals surface area contributed by atoms with E-state index in [1.54, 1.807) is 24.4 Å². The van der Waals surface area contributed by atoms with Crippen molar-refractivity contribution in [1.82, 2.24) is 14.3 Å². The van der Waals surface area contributed by atoms with Gasteiger partial charge in [0, 0.05) is 42.4 Å². The zero-order valence-corrected chi connectivity index (χ0v) is 13.7. The molecular weight excluding hydrogens is 306 g/mol. The lowest BCUT2D eigenvalue weighted by molar-refractivity contribution is 0.202. The highest BCUT2D eigenvalue weighted by Gasteiger charge is 2.25. The number of aromatic nitrogens is 2. The molecule has 3 heterocycles. The molecule has 3 rings (SSSR count). The Balaban J connectivity index is 1.91. The maximum Gasteiger partial charge on any atom is 0.258 e. The van der Waals surface area contributed by atoms with Gasteiger partial charge in [-0.1, -0.05) is 18.5 Å². The van der Waals surface area contributed by atoms with Gasteiger partial charge in [0.05, 0.1) is 10.7 Å². The van der Waals surface area contributed by atoms with E-state index in [-0.39, 0.29) is 5.56 Å². The van der Waals surface area contributed by atoms with Gasteiger partial charge in [-0.3, -0.25) is 14.1 Å². The predicted molar refractivity (Wildman–Crippen MR) is 88.3 cm³/mol. The fraction of sp³-hybridized carbons (Fsp3) is 0.467. The van der Waals surface area contributed by atoms with E-state index in [2.05, 4.69) is 23.7 Å². The first kappa shape index (κ1) is 14.9. The lowest BCUT2D eigenvalue weighted by Crippen LogP contribution is -2.44. The molecule has 0 N–H and O–H groups in total. The van der Waals surface area contributed by atoms with E-state index in [9.17, 15) is 4.79 Å². The summed E-state index contributed by atoms with van der Waals surface area (Å²) < 4.78 is 1.49. The molecule has 2 aromatic heterocycles. The van der Waals surface area contributed by atoms with Crippen LogP contribution in [-0.4, -0.2) is 37.9 Å². The Morgan fingerprint density at radius 3 is 3.05 bits per heavy atom. The van der Waals surface area contributed by atoms with Crippen molar-refractivity contribution in [3.05, 3.63) is 45.5 Å². The number of fused-ring (bicyclic) bond motifs is 1. The summed E-state index contributed by atoms with van der Waals surface area (Å²) in [7, 11) is 0. The van der Waals surface area contributed by atoms with E-state index < -0.39 is 0 Å². The third kappa shape index (κ3) is 3.10. The van der Waals surface area contributed by atoms with Crippen molar-refractivity contribution in [1.29, 1.82) is 0 Å². The number of pyridine rings is 1. The molecule has 0 saturated carbocycles. The van der Waals surface area contributed by atoms with E-state index in [0.717, 1.165) is 24.5 Å². The zero-order chi connectivity index (χ0) is 15.0. The minimum absolute atomic E-state index is 0.0791. The third-order valence-corrected chi connectivity index (χ3v) is 5.62. The fourth-order valence-corrected chi connectivity index (χ4v) is 3.96. The molecule has 1 fully saturated rings. The van der Waals surface area contributed by atoms with E-state index in [0.29, 0.717) is 22.0 Å². The summed E-state index contributed by atoms with van der Waals surface area (Å²) in [5, 5.41) is 1.15. The van der Waals surface area contributed by atoms with Gasteiger partial charge in [-0.2, -0.15) is 11.8 Å². The number of halogens is 1. The van der Waals surface area contributed by atoms with Crippen LogP contribution in [0.2, 0.25) is 5.02 Å². The maximum absolute atomic E-state index is 12.2. The molecule has 0 radical (unpaired) electrons. The molecule has 0 amide bonds. The minimum atomic E-state index is -0.0791. The number of nitrogens with zero attached hydrogens (tertiary/aromatic N) is 3. The lowest BCUT2D eigenvalue weighted by Gasteiger charge is -2.37. The number of thioether (sulfide) groups is 1. The van der Waals surface area contributed by atoms with Crippen molar-refractivity contribution < 1.29 is 0 Å². The van der Waals surface area contributed by atoms with Crippen LogP contribution in [0.15, 0.2) is 29.2 Å². The van der Waals surface area contributed by atoms with Crippen LogP contribution in [0.3, 0.4) is 0 Å². The molecule has 112 valence electrons.